The second kappa shape index (κ2) is 5.29. The molecule has 2 aromatic rings. The Morgan fingerprint density at radius 3 is 2.90 bits per heavy atom. The molecule has 0 saturated carbocycles. The zero-order valence-corrected chi connectivity index (χ0v) is 12.0. The van der Waals surface area contributed by atoms with Crippen LogP contribution < -0.4 is 4.74 Å². The summed E-state index contributed by atoms with van der Waals surface area (Å²) in [4.78, 5) is 12.6. The van der Waals surface area contributed by atoms with Gasteiger partial charge >= 0.3 is 0 Å². The van der Waals surface area contributed by atoms with Gasteiger partial charge in [0, 0.05) is 10.6 Å². The van der Waals surface area contributed by atoms with E-state index in [9.17, 15) is 4.79 Å². The molecule has 3 rings (SSSR count). The van der Waals surface area contributed by atoms with Crippen molar-refractivity contribution in [1.29, 1.82) is 0 Å². The Balaban J connectivity index is 2.04. The molecule has 0 spiro atoms. The van der Waals surface area contributed by atoms with Gasteiger partial charge in [-0.05, 0) is 43.0 Å². The number of fused-ring (bicyclic) bond motifs is 1. The van der Waals surface area contributed by atoms with Crippen molar-refractivity contribution < 1.29 is 9.53 Å². The molecule has 1 heterocycles. The average molecular weight is 287 g/mol. The molecular weight excluding hydrogens is 272 g/mol. The number of ether oxygens (including phenoxy) is 1. The summed E-state index contributed by atoms with van der Waals surface area (Å²) in [6.45, 7) is 2.59. The standard InChI is InChI=1S/C17H15ClO2/c1-11-7-8-13(10-15(11)18)16(19)14-6-2-4-12-5-3-9-20-17(12)14/h2,4,6-8,10H,3,5,9H2,1H3. The summed E-state index contributed by atoms with van der Waals surface area (Å²) in [5.74, 6) is 0.700. The van der Waals surface area contributed by atoms with Gasteiger partial charge in [0.1, 0.15) is 5.75 Å². The topological polar surface area (TPSA) is 26.3 Å². The molecule has 0 radical (unpaired) electrons. The molecule has 3 heteroatoms. The van der Waals surface area contributed by atoms with Gasteiger partial charge in [-0.15, -0.1) is 0 Å². The molecule has 1 aliphatic rings. The van der Waals surface area contributed by atoms with Gasteiger partial charge in [-0.3, -0.25) is 4.79 Å². The Hall–Kier alpha value is -1.80. The lowest BCUT2D eigenvalue weighted by atomic mass is 9.96. The minimum Gasteiger partial charge on any atom is -0.493 e. The van der Waals surface area contributed by atoms with Crippen LogP contribution >= 0.6 is 11.6 Å². The maximum atomic E-state index is 12.6. The van der Waals surface area contributed by atoms with E-state index in [1.165, 1.54) is 0 Å². The summed E-state index contributed by atoms with van der Waals surface area (Å²) in [5, 5.41) is 0.613. The van der Waals surface area contributed by atoms with E-state index in [1.807, 2.05) is 37.3 Å². The third-order valence-electron chi connectivity index (χ3n) is 3.61. The maximum Gasteiger partial charge on any atom is 0.196 e. The van der Waals surface area contributed by atoms with Gasteiger partial charge in [-0.2, -0.15) is 0 Å². The van der Waals surface area contributed by atoms with Crippen LogP contribution in [0.4, 0.5) is 0 Å². The van der Waals surface area contributed by atoms with Crippen molar-refractivity contribution in [1.82, 2.24) is 0 Å². The van der Waals surface area contributed by atoms with Crippen molar-refractivity contribution in [2.45, 2.75) is 19.8 Å². The van der Waals surface area contributed by atoms with Crippen molar-refractivity contribution >= 4 is 17.4 Å². The number of carbonyl (C=O) groups excluding carboxylic acids is 1. The Morgan fingerprint density at radius 2 is 2.10 bits per heavy atom. The molecule has 102 valence electrons. The van der Waals surface area contributed by atoms with Crippen LogP contribution in [0.5, 0.6) is 5.75 Å². The SMILES string of the molecule is Cc1ccc(C(=O)c2cccc3c2OCCC3)cc1Cl. The lowest BCUT2D eigenvalue weighted by Gasteiger charge is -2.19. The number of benzene rings is 2. The van der Waals surface area contributed by atoms with Crippen LogP contribution in [-0.4, -0.2) is 12.4 Å². The van der Waals surface area contributed by atoms with Crippen LogP contribution in [0.15, 0.2) is 36.4 Å². The Morgan fingerprint density at radius 1 is 1.25 bits per heavy atom. The summed E-state index contributed by atoms with van der Waals surface area (Å²) in [6.07, 6.45) is 1.96. The number of hydrogen-bond acceptors (Lipinski definition) is 2. The first-order valence-electron chi connectivity index (χ1n) is 6.72. The number of halogens is 1. The summed E-state index contributed by atoms with van der Waals surface area (Å²) in [7, 11) is 0. The zero-order chi connectivity index (χ0) is 14.1. The van der Waals surface area contributed by atoms with Crippen LogP contribution in [0.3, 0.4) is 0 Å². The van der Waals surface area contributed by atoms with Gasteiger partial charge in [-0.25, -0.2) is 0 Å². The van der Waals surface area contributed by atoms with E-state index in [2.05, 4.69) is 0 Å². The molecule has 0 N–H and O–H groups in total. The van der Waals surface area contributed by atoms with Crippen molar-refractivity contribution in [3.8, 4) is 5.75 Å². The van der Waals surface area contributed by atoms with Crippen molar-refractivity contribution in [3.05, 3.63) is 63.7 Å². The molecular formula is C17H15ClO2. The van der Waals surface area contributed by atoms with E-state index in [1.54, 1.807) is 6.07 Å². The van der Waals surface area contributed by atoms with E-state index in [4.69, 9.17) is 16.3 Å². The summed E-state index contributed by atoms with van der Waals surface area (Å²) < 4.78 is 5.70. The number of rotatable bonds is 2. The molecule has 0 atom stereocenters. The van der Waals surface area contributed by atoms with Crippen molar-refractivity contribution in [3.63, 3.8) is 0 Å². The van der Waals surface area contributed by atoms with Gasteiger partial charge in [0.2, 0.25) is 0 Å². The number of carbonyl (C=O) groups is 1. The first-order valence-corrected chi connectivity index (χ1v) is 7.10. The van der Waals surface area contributed by atoms with Crippen LogP contribution in [0.1, 0.15) is 33.5 Å². The third kappa shape index (κ3) is 2.32. The fraction of sp³-hybridized carbons (Fsp3) is 0.235. The van der Waals surface area contributed by atoms with Crippen LogP contribution in [0, 0.1) is 6.92 Å². The maximum absolute atomic E-state index is 12.6. The summed E-state index contributed by atoms with van der Waals surface area (Å²) in [5.41, 5.74) is 3.31. The highest BCUT2D eigenvalue weighted by Gasteiger charge is 2.20. The fourth-order valence-corrected chi connectivity index (χ4v) is 2.64. The van der Waals surface area contributed by atoms with E-state index in [0.29, 0.717) is 22.8 Å². The van der Waals surface area contributed by atoms with Gasteiger partial charge in [0.05, 0.1) is 12.2 Å². The van der Waals surface area contributed by atoms with Crippen LogP contribution in [0.25, 0.3) is 0 Å². The third-order valence-corrected chi connectivity index (χ3v) is 4.02. The Labute approximate surface area is 123 Å². The van der Waals surface area contributed by atoms with E-state index >= 15 is 0 Å². The average Bonchev–Trinajstić information content (AvgIpc) is 2.49. The number of hydrogen-bond donors (Lipinski definition) is 0. The Kier molecular flexibility index (Phi) is 3.49. The fourth-order valence-electron chi connectivity index (χ4n) is 2.46. The molecule has 0 aromatic heterocycles. The van der Waals surface area contributed by atoms with Gasteiger partial charge in [0.25, 0.3) is 0 Å². The zero-order valence-electron chi connectivity index (χ0n) is 11.3. The van der Waals surface area contributed by atoms with Crippen molar-refractivity contribution in [2.75, 3.05) is 6.61 Å². The predicted molar refractivity (Wildman–Crippen MR) is 79.9 cm³/mol. The highest BCUT2D eigenvalue weighted by atomic mass is 35.5. The van der Waals surface area contributed by atoms with Crippen molar-refractivity contribution in [2.24, 2.45) is 0 Å². The van der Waals surface area contributed by atoms with Gasteiger partial charge in [-0.1, -0.05) is 35.9 Å². The lowest BCUT2D eigenvalue weighted by Crippen LogP contribution is -2.13. The quantitative estimate of drug-likeness (QED) is 0.773. The molecule has 0 bridgehead atoms. The summed E-state index contributed by atoms with van der Waals surface area (Å²) >= 11 is 6.11. The molecule has 0 amide bonds. The Bertz CT molecular complexity index is 677. The highest BCUT2D eigenvalue weighted by Crippen LogP contribution is 2.31. The second-order valence-electron chi connectivity index (χ2n) is 5.04. The molecule has 0 aliphatic carbocycles. The predicted octanol–water partition coefficient (Wildman–Crippen LogP) is 4.20. The van der Waals surface area contributed by atoms with Crippen LogP contribution in [0.2, 0.25) is 5.02 Å². The molecule has 0 fully saturated rings. The number of para-hydroxylation sites is 1. The van der Waals surface area contributed by atoms with Crippen LogP contribution in [-0.2, 0) is 6.42 Å². The molecule has 2 nitrogen and oxygen atoms in total. The molecule has 20 heavy (non-hydrogen) atoms. The monoisotopic (exact) mass is 286 g/mol. The van der Waals surface area contributed by atoms with E-state index < -0.39 is 0 Å². The molecule has 0 saturated heterocycles. The number of aryl methyl sites for hydroxylation is 2. The molecule has 1 aliphatic heterocycles. The van der Waals surface area contributed by atoms with E-state index in [0.717, 1.165) is 29.7 Å². The smallest absolute Gasteiger partial charge is 0.196 e. The first kappa shape index (κ1) is 13.2. The largest absolute Gasteiger partial charge is 0.493 e. The second-order valence-corrected chi connectivity index (χ2v) is 5.45. The lowest BCUT2D eigenvalue weighted by molar-refractivity contribution is 0.103. The first-order chi connectivity index (χ1) is 9.66. The van der Waals surface area contributed by atoms with Gasteiger partial charge in [0.15, 0.2) is 5.78 Å². The minimum atomic E-state index is -0.0364. The van der Waals surface area contributed by atoms with E-state index in [-0.39, 0.29) is 5.78 Å². The number of ketones is 1. The molecule has 2 aromatic carbocycles. The summed E-state index contributed by atoms with van der Waals surface area (Å²) in [6, 6.07) is 11.2. The highest BCUT2D eigenvalue weighted by molar-refractivity contribution is 6.32. The minimum absolute atomic E-state index is 0.0364. The van der Waals surface area contributed by atoms with Gasteiger partial charge < -0.3 is 4.74 Å². The normalized spacial score (nSPS) is 13.5. The molecule has 0 unspecified atom stereocenters.